The summed E-state index contributed by atoms with van der Waals surface area (Å²) in [7, 11) is 0. The van der Waals surface area contributed by atoms with Crippen LogP contribution in [0.1, 0.15) is 5.56 Å². The molecule has 82 valence electrons. The minimum atomic E-state index is -4.53. The number of hydrogen-bond donors (Lipinski definition) is 0. The second kappa shape index (κ2) is 4.28. The van der Waals surface area contributed by atoms with Gasteiger partial charge < -0.3 is 4.74 Å². The summed E-state index contributed by atoms with van der Waals surface area (Å²) in [5, 5.41) is -0.128. The maximum Gasteiger partial charge on any atom is 0.416 e. The second-order valence-electron chi connectivity index (χ2n) is 2.48. The van der Waals surface area contributed by atoms with Crippen molar-refractivity contribution >= 4 is 28.6 Å². The Kier molecular flexibility index (Phi) is 3.46. The van der Waals surface area contributed by atoms with E-state index < -0.39 is 22.9 Å². The van der Waals surface area contributed by atoms with Crippen LogP contribution in [0.2, 0.25) is 5.02 Å². The molecule has 0 bridgehead atoms. The Bertz CT molecular complexity index is 390. The molecule has 0 radical (unpaired) electrons. The summed E-state index contributed by atoms with van der Waals surface area (Å²) in [6, 6.07) is 2.34. The van der Waals surface area contributed by atoms with E-state index in [0.29, 0.717) is 6.07 Å². The van der Waals surface area contributed by atoms with E-state index in [0.717, 1.165) is 12.1 Å². The summed E-state index contributed by atoms with van der Waals surface area (Å²) in [6.07, 6.45) is -4.53. The van der Waals surface area contributed by atoms with Crippen molar-refractivity contribution < 1.29 is 22.7 Å². The molecule has 0 saturated heterocycles. The van der Waals surface area contributed by atoms with Gasteiger partial charge >= 0.3 is 11.6 Å². The SMILES string of the molecule is O=C(Cl)Oc1cc(C(F)(F)F)ccc1Cl. The predicted molar refractivity (Wildman–Crippen MR) is 48.3 cm³/mol. The molecule has 0 N–H and O–H groups in total. The van der Waals surface area contributed by atoms with Gasteiger partial charge in [0, 0.05) is 11.6 Å². The lowest BCUT2D eigenvalue weighted by molar-refractivity contribution is -0.137. The van der Waals surface area contributed by atoms with Crippen molar-refractivity contribution in [3.8, 4) is 5.75 Å². The van der Waals surface area contributed by atoms with Gasteiger partial charge in [-0.2, -0.15) is 13.2 Å². The van der Waals surface area contributed by atoms with E-state index in [4.69, 9.17) is 23.2 Å². The molecule has 0 saturated carbocycles. The summed E-state index contributed by atoms with van der Waals surface area (Å²) >= 11 is 10.3. The molecule has 0 aliphatic carbocycles. The van der Waals surface area contributed by atoms with Crippen LogP contribution in [0.5, 0.6) is 5.75 Å². The van der Waals surface area contributed by atoms with Gasteiger partial charge in [0.2, 0.25) is 0 Å². The van der Waals surface area contributed by atoms with E-state index in [2.05, 4.69) is 4.74 Å². The molecule has 2 nitrogen and oxygen atoms in total. The Morgan fingerprint density at radius 1 is 1.33 bits per heavy atom. The molecule has 0 atom stereocenters. The lowest BCUT2D eigenvalue weighted by Gasteiger charge is -2.09. The first-order valence-electron chi connectivity index (χ1n) is 3.55. The molecule has 0 aromatic heterocycles. The van der Waals surface area contributed by atoms with Crippen molar-refractivity contribution in [2.75, 3.05) is 0 Å². The fourth-order valence-corrected chi connectivity index (χ4v) is 1.08. The number of carbonyl (C=O) groups is 1. The van der Waals surface area contributed by atoms with Gasteiger partial charge in [-0.1, -0.05) is 11.6 Å². The normalized spacial score (nSPS) is 11.3. The van der Waals surface area contributed by atoms with Crippen molar-refractivity contribution in [2.24, 2.45) is 0 Å². The first kappa shape index (κ1) is 12.1. The van der Waals surface area contributed by atoms with Crippen molar-refractivity contribution in [1.82, 2.24) is 0 Å². The van der Waals surface area contributed by atoms with Crippen LogP contribution in [-0.4, -0.2) is 5.43 Å². The van der Waals surface area contributed by atoms with Gasteiger partial charge in [-0.25, -0.2) is 4.79 Å². The molecule has 0 aliphatic rings. The highest BCUT2D eigenvalue weighted by molar-refractivity contribution is 6.61. The van der Waals surface area contributed by atoms with E-state index in [1.54, 1.807) is 0 Å². The first-order valence-corrected chi connectivity index (χ1v) is 4.30. The maximum atomic E-state index is 12.2. The summed E-state index contributed by atoms with van der Waals surface area (Å²) in [6.45, 7) is 0. The van der Waals surface area contributed by atoms with Crippen molar-refractivity contribution in [1.29, 1.82) is 0 Å². The Hall–Kier alpha value is -0.940. The van der Waals surface area contributed by atoms with Crippen LogP contribution >= 0.6 is 23.2 Å². The van der Waals surface area contributed by atoms with Gasteiger partial charge in [0.05, 0.1) is 10.6 Å². The average molecular weight is 259 g/mol. The third kappa shape index (κ3) is 3.28. The highest BCUT2D eigenvalue weighted by atomic mass is 35.5. The van der Waals surface area contributed by atoms with Gasteiger partial charge in [-0.05, 0) is 18.2 Å². The highest BCUT2D eigenvalue weighted by Gasteiger charge is 2.31. The molecule has 1 aromatic rings. The molecule has 0 spiro atoms. The molecule has 15 heavy (non-hydrogen) atoms. The molecule has 1 aromatic carbocycles. The maximum absolute atomic E-state index is 12.2. The Morgan fingerprint density at radius 3 is 2.40 bits per heavy atom. The van der Waals surface area contributed by atoms with Crippen LogP contribution in [0.3, 0.4) is 0 Å². The van der Waals surface area contributed by atoms with E-state index in [9.17, 15) is 18.0 Å². The lowest BCUT2D eigenvalue weighted by atomic mass is 10.2. The Balaban J connectivity index is 3.11. The number of rotatable bonds is 1. The van der Waals surface area contributed by atoms with Crippen molar-refractivity contribution in [2.45, 2.75) is 6.18 Å². The average Bonchev–Trinajstić information content (AvgIpc) is 2.06. The number of alkyl halides is 3. The molecule has 0 heterocycles. The van der Waals surface area contributed by atoms with E-state index in [-0.39, 0.29) is 5.02 Å². The summed E-state index contributed by atoms with van der Waals surface area (Å²) in [5.74, 6) is -0.425. The standard InChI is InChI=1S/C8H3Cl2F3O2/c9-5-2-1-4(8(11,12)13)3-6(5)15-7(10)14/h1-3H. The van der Waals surface area contributed by atoms with Crippen molar-refractivity contribution in [3.05, 3.63) is 28.8 Å². The topological polar surface area (TPSA) is 26.3 Å². The van der Waals surface area contributed by atoms with Gasteiger partial charge in [0.15, 0.2) is 5.75 Å². The van der Waals surface area contributed by atoms with Gasteiger partial charge in [0.1, 0.15) is 0 Å². The second-order valence-corrected chi connectivity index (χ2v) is 3.20. The quantitative estimate of drug-likeness (QED) is 0.709. The summed E-state index contributed by atoms with van der Waals surface area (Å²) < 4.78 is 40.9. The molecular formula is C8H3Cl2F3O2. The molecule has 0 fully saturated rings. The van der Waals surface area contributed by atoms with Gasteiger partial charge in [-0.3, -0.25) is 0 Å². The van der Waals surface area contributed by atoms with Crippen LogP contribution in [-0.2, 0) is 6.18 Å². The fourth-order valence-electron chi connectivity index (χ4n) is 0.844. The molecule has 0 aliphatic heterocycles. The highest BCUT2D eigenvalue weighted by Crippen LogP contribution is 2.35. The van der Waals surface area contributed by atoms with Gasteiger partial charge in [-0.15, -0.1) is 0 Å². The fraction of sp³-hybridized carbons (Fsp3) is 0.125. The number of ether oxygens (including phenoxy) is 1. The number of benzene rings is 1. The largest absolute Gasteiger partial charge is 0.416 e. The summed E-state index contributed by atoms with van der Waals surface area (Å²) in [5.41, 5.74) is -2.23. The van der Waals surface area contributed by atoms with Gasteiger partial charge in [0.25, 0.3) is 0 Å². The zero-order valence-corrected chi connectivity index (χ0v) is 8.45. The number of hydrogen-bond acceptors (Lipinski definition) is 2. The first-order chi connectivity index (χ1) is 6.80. The monoisotopic (exact) mass is 258 g/mol. The van der Waals surface area contributed by atoms with E-state index in [1.165, 1.54) is 0 Å². The number of carbonyl (C=O) groups excluding carboxylic acids is 1. The van der Waals surface area contributed by atoms with Crippen molar-refractivity contribution in [3.63, 3.8) is 0 Å². The predicted octanol–water partition coefficient (Wildman–Crippen LogP) is 4.10. The Morgan fingerprint density at radius 2 is 1.93 bits per heavy atom. The van der Waals surface area contributed by atoms with Crippen LogP contribution in [0.15, 0.2) is 18.2 Å². The molecule has 1 rings (SSSR count). The van der Waals surface area contributed by atoms with E-state index >= 15 is 0 Å². The Labute approximate surface area is 92.5 Å². The molecule has 7 heteroatoms. The minimum absolute atomic E-state index is 0.128. The van der Waals surface area contributed by atoms with Crippen LogP contribution < -0.4 is 4.74 Å². The zero-order chi connectivity index (χ0) is 11.6. The molecule has 0 unspecified atom stereocenters. The smallest absolute Gasteiger partial charge is 0.413 e. The third-order valence-corrected chi connectivity index (χ3v) is 1.84. The molecular weight excluding hydrogens is 256 g/mol. The molecule has 0 amide bonds. The van der Waals surface area contributed by atoms with Crippen LogP contribution in [0.25, 0.3) is 0 Å². The number of halogens is 5. The third-order valence-electron chi connectivity index (χ3n) is 1.45. The lowest BCUT2D eigenvalue weighted by Crippen LogP contribution is -2.06. The zero-order valence-electron chi connectivity index (χ0n) is 6.94. The van der Waals surface area contributed by atoms with Crippen LogP contribution in [0, 0.1) is 0 Å². The minimum Gasteiger partial charge on any atom is -0.413 e. The summed E-state index contributed by atoms with van der Waals surface area (Å²) in [4.78, 5) is 10.3. The van der Waals surface area contributed by atoms with Crippen LogP contribution in [0.4, 0.5) is 18.0 Å². The van der Waals surface area contributed by atoms with E-state index in [1.807, 2.05) is 0 Å².